The molecule has 1 heterocycles. The Morgan fingerprint density at radius 3 is 2.62 bits per heavy atom. The zero-order valence-corrected chi connectivity index (χ0v) is 14.5. The van der Waals surface area contributed by atoms with Gasteiger partial charge < -0.3 is 20.1 Å². The van der Waals surface area contributed by atoms with E-state index in [0.717, 1.165) is 63.4 Å². The quantitative estimate of drug-likeness (QED) is 0.776. The van der Waals surface area contributed by atoms with Crippen molar-refractivity contribution in [1.29, 1.82) is 0 Å². The topological polar surface area (TPSA) is 59.6 Å². The Morgan fingerprint density at radius 1 is 1.25 bits per heavy atom. The van der Waals surface area contributed by atoms with E-state index in [1.165, 1.54) is 6.42 Å². The van der Waals surface area contributed by atoms with E-state index in [2.05, 4.69) is 17.6 Å². The van der Waals surface area contributed by atoms with Crippen LogP contribution in [0.2, 0.25) is 0 Å². The third-order valence-electron chi connectivity index (χ3n) is 5.34. The van der Waals surface area contributed by atoms with Crippen LogP contribution in [-0.2, 0) is 4.74 Å². The molecule has 1 unspecified atom stereocenters. The molecule has 0 aromatic heterocycles. The summed E-state index contributed by atoms with van der Waals surface area (Å²) in [7, 11) is 0. The van der Waals surface area contributed by atoms with Crippen molar-refractivity contribution in [2.45, 2.75) is 51.5 Å². The molecule has 2 fully saturated rings. The lowest BCUT2D eigenvalue weighted by Crippen LogP contribution is -2.57. The maximum absolute atomic E-state index is 12.3. The number of carbonyl (C=O) groups excluding carboxylic acids is 1. The second-order valence-electron chi connectivity index (χ2n) is 6.89. The Labute approximate surface area is 144 Å². The van der Waals surface area contributed by atoms with Crippen LogP contribution in [0.3, 0.4) is 0 Å². The number of nitrogens with one attached hydrogen (secondary N) is 2. The molecular weight excluding hydrogens is 304 g/mol. The molecule has 2 N–H and O–H groups in total. The van der Waals surface area contributed by atoms with Gasteiger partial charge in [-0.15, -0.1) is 0 Å². The molecule has 2 aliphatic rings. The molecule has 5 nitrogen and oxygen atoms in total. The van der Waals surface area contributed by atoms with Crippen LogP contribution in [-0.4, -0.2) is 31.9 Å². The molecule has 1 aliphatic carbocycles. The first-order valence-corrected chi connectivity index (χ1v) is 9.10. The van der Waals surface area contributed by atoms with E-state index in [9.17, 15) is 4.79 Å². The second kappa shape index (κ2) is 7.88. The highest BCUT2D eigenvalue weighted by Crippen LogP contribution is 2.48. The van der Waals surface area contributed by atoms with E-state index < -0.39 is 0 Å². The number of rotatable bonds is 6. The molecule has 3 rings (SSSR count). The van der Waals surface area contributed by atoms with Crippen molar-refractivity contribution < 1.29 is 14.3 Å². The molecular formula is C19H28N2O3. The van der Waals surface area contributed by atoms with E-state index in [1.54, 1.807) is 0 Å². The van der Waals surface area contributed by atoms with Crippen molar-refractivity contribution in [2.75, 3.05) is 25.1 Å². The van der Waals surface area contributed by atoms with Gasteiger partial charge in [0.2, 0.25) is 0 Å². The van der Waals surface area contributed by atoms with Crippen LogP contribution < -0.4 is 15.4 Å². The van der Waals surface area contributed by atoms with Crippen molar-refractivity contribution in [3.8, 4) is 5.75 Å². The molecule has 0 bridgehead atoms. The first-order valence-electron chi connectivity index (χ1n) is 9.10. The van der Waals surface area contributed by atoms with E-state index in [4.69, 9.17) is 9.47 Å². The highest BCUT2D eigenvalue weighted by Gasteiger charge is 2.47. The summed E-state index contributed by atoms with van der Waals surface area (Å²) >= 11 is 0. The van der Waals surface area contributed by atoms with E-state index in [1.807, 2.05) is 24.3 Å². The predicted octanol–water partition coefficient (Wildman–Crippen LogP) is 3.95. The van der Waals surface area contributed by atoms with Crippen molar-refractivity contribution in [3.63, 3.8) is 0 Å². The van der Waals surface area contributed by atoms with Gasteiger partial charge >= 0.3 is 6.03 Å². The number of unbranched alkanes of at least 4 members (excludes halogenated alkanes) is 1. The van der Waals surface area contributed by atoms with Gasteiger partial charge in [0.15, 0.2) is 0 Å². The molecule has 2 amide bonds. The largest absolute Gasteiger partial charge is 0.494 e. The van der Waals surface area contributed by atoms with Crippen molar-refractivity contribution in [1.82, 2.24) is 5.32 Å². The Bertz CT molecular complexity index is 538. The SMILES string of the molecule is CCCCOc1ccc(NC(=O)NC2CCC23CCOCC3)cc1. The third-order valence-corrected chi connectivity index (χ3v) is 5.34. The summed E-state index contributed by atoms with van der Waals surface area (Å²) < 4.78 is 11.1. The molecule has 132 valence electrons. The molecule has 1 spiro atoms. The molecule has 1 saturated heterocycles. The van der Waals surface area contributed by atoms with Crippen LogP contribution in [0.1, 0.15) is 45.4 Å². The van der Waals surface area contributed by atoms with Gasteiger partial charge in [-0.3, -0.25) is 0 Å². The number of urea groups is 1. The van der Waals surface area contributed by atoms with Crippen LogP contribution in [0.5, 0.6) is 5.75 Å². The summed E-state index contributed by atoms with van der Waals surface area (Å²) in [5, 5.41) is 6.07. The lowest BCUT2D eigenvalue weighted by Gasteiger charge is -2.51. The number of anilines is 1. The number of hydrogen-bond donors (Lipinski definition) is 2. The van der Waals surface area contributed by atoms with Gasteiger partial charge in [-0.1, -0.05) is 13.3 Å². The average molecular weight is 332 g/mol. The van der Waals surface area contributed by atoms with Crippen molar-refractivity contribution in [2.24, 2.45) is 5.41 Å². The Balaban J connectivity index is 1.46. The summed E-state index contributed by atoms with van der Waals surface area (Å²) in [4.78, 5) is 12.3. The van der Waals surface area contributed by atoms with Gasteiger partial charge in [0, 0.05) is 24.9 Å². The number of hydrogen-bond acceptors (Lipinski definition) is 3. The van der Waals surface area contributed by atoms with Gasteiger partial charge in [-0.25, -0.2) is 4.79 Å². The smallest absolute Gasteiger partial charge is 0.319 e. The van der Waals surface area contributed by atoms with E-state index >= 15 is 0 Å². The summed E-state index contributed by atoms with van der Waals surface area (Å²) in [6.45, 7) is 4.51. The number of ether oxygens (including phenoxy) is 2. The molecule has 1 aromatic rings. The second-order valence-corrected chi connectivity index (χ2v) is 6.89. The molecule has 1 aliphatic heterocycles. The molecule has 1 aromatic carbocycles. The molecule has 24 heavy (non-hydrogen) atoms. The first kappa shape index (κ1) is 17.1. The Morgan fingerprint density at radius 2 is 2.00 bits per heavy atom. The van der Waals surface area contributed by atoms with E-state index in [-0.39, 0.29) is 17.5 Å². The molecule has 1 saturated carbocycles. The average Bonchev–Trinajstić information content (AvgIpc) is 2.61. The Kier molecular flexibility index (Phi) is 5.61. The standard InChI is InChI=1S/C19H28N2O3/c1-2-3-12-24-16-6-4-15(5-7-16)20-18(22)21-17-8-9-19(17)10-13-23-14-11-19/h4-7,17H,2-3,8-14H2,1H3,(H2,20,21,22). The monoisotopic (exact) mass is 332 g/mol. The lowest BCUT2D eigenvalue weighted by atomic mass is 9.60. The van der Waals surface area contributed by atoms with E-state index in [0.29, 0.717) is 0 Å². The summed E-state index contributed by atoms with van der Waals surface area (Å²) in [5.41, 5.74) is 1.06. The minimum atomic E-state index is -0.120. The zero-order valence-electron chi connectivity index (χ0n) is 14.5. The highest BCUT2D eigenvalue weighted by atomic mass is 16.5. The minimum absolute atomic E-state index is 0.120. The fraction of sp³-hybridized carbons (Fsp3) is 0.632. The van der Waals surface area contributed by atoms with Gasteiger partial charge in [0.1, 0.15) is 5.75 Å². The molecule has 0 radical (unpaired) electrons. The van der Waals surface area contributed by atoms with Crippen molar-refractivity contribution >= 4 is 11.7 Å². The maximum Gasteiger partial charge on any atom is 0.319 e. The zero-order chi connectivity index (χ0) is 16.8. The van der Waals surface area contributed by atoms with Crippen LogP contribution in [0.4, 0.5) is 10.5 Å². The Hall–Kier alpha value is -1.75. The fourth-order valence-electron chi connectivity index (χ4n) is 3.59. The fourth-order valence-corrected chi connectivity index (χ4v) is 3.59. The van der Waals surface area contributed by atoms with Crippen LogP contribution in [0.25, 0.3) is 0 Å². The minimum Gasteiger partial charge on any atom is -0.494 e. The lowest BCUT2D eigenvalue weighted by molar-refractivity contribution is -0.0507. The van der Waals surface area contributed by atoms with Gasteiger partial charge in [-0.05, 0) is 61.8 Å². The van der Waals surface area contributed by atoms with Crippen molar-refractivity contribution in [3.05, 3.63) is 24.3 Å². The summed E-state index contributed by atoms with van der Waals surface area (Å²) in [6.07, 6.45) is 6.55. The highest BCUT2D eigenvalue weighted by molar-refractivity contribution is 5.89. The number of benzene rings is 1. The van der Waals surface area contributed by atoms with Gasteiger partial charge in [-0.2, -0.15) is 0 Å². The van der Waals surface area contributed by atoms with Crippen LogP contribution in [0.15, 0.2) is 24.3 Å². The maximum atomic E-state index is 12.3. The summed E-state index contributed by atoms with van der Waals surface area (Å²) in [6, 6.07) is 7.71. The normalized spacial score (nSPS) is 21.8. The molecule has 5 heteroatoms. The third kappa shape index (κ3) is 4.01. The first-order chi connectivity index (χ1) is 11.7. The predicted molar refractivity (Wildman–Crippen MR) is 94.5 cm³/mol. The molecule has 1 atom stereocenters. The number of amides is 2. The van der Waals surface area contributed by atoms with Gasteiger partial charge in [0.25, 0.3) is 0 Å². The summed E-state index contributed by atoms with van der Waals surface area (Å²) in [5.74, 6) is 0.842. The number of carbonyl (C=O) groups is 1. The van der Waals surface area contributed by atoms with Crippen LogP contribution in [0, 0.1) is 5.41 Å². The van der Waals surface area contributed by atoms with Gasteiger partial charge in [0.05, 0.1) is 6.61 Å². The van der Waals surface area contributed by atoms with Crippen LogP contribution >= 0.6 is 0 Å².